The van der Waals surface area contributed by atoms with Crippen LogP contribution in [0.15, 0.2) is 36.4 Å². The van der Waals surface area contributed by atoms with E-state index in [-0.39, 0.29) is 11.3 Å². The molecule has 0 radical (unpaired) electrons. The first-order chi connectivity index (χ1) is 9.88. The minimum atomic E-state index is -1.00. The van der Waals surface area contributed by atoms with E-state index in [1.807, 2.05) is 0 Å². The van der Waals surface area contributed by atoms with Gasteiger partial charge in [0.15, 0.2) is 0 Å². The van der Waals surface area contributed by atoms with Crippen molar-refractivity contribution < 1.29 is 19.2 Å². The molecule has 2 N–H and O–H groups in total. The lowest BCUT2D eigenvalue weighted by Gasteiger charge is -2.07. The van der Waals surface area contributed by atoms with Gasteiger partial charge in [-0.25, -0.2) is 0 Å². The van der Waals surface area contributed by atoms with E-state index < -0.39 is 22.3 Å². The number of amides is 1. The number of hydrogen-bond donors (Lipinski definition) is 2. The van der Waals surface area contributed by atoms with Crippen LogP contribution in [0.3, 0.4) is 0 Å². The molecule has 0 aliphatic heterocycles. The molecule has 2 aromatic carbocycles. The molecule has 0 aliphatic rings. The molecular weight excluding hydrogens is 279 g/mol. The number of halogens is 1. The average Bonchev–Trinajstić information content (AvgIpc) is 2.43. The molecular formula is C14H11FN2O4. The zero-order chi connectivity index (χ0) is 15.6. The van der Waals surface area contributed by atoms with Gasteiger partial charge in [0.2, 0.25) is 5.82 Å². The minimum absolute atomic E-state index is 0.0335. The van der Waals surface area contributed by atoms with E-state index >= 15 is 0 Å². The molecule has 2 aromatic rings. The fourth-order valence-corrected chi connectivity index (χ4v) is 1.73. The summed E-state index contributed by atoms with van der Waals surface area (Å²) >= 11 is 0. The van der Waals surface area contributed by atoms with Crippen molar-refractivity contribution in [2.24, 2.45) is 0 Å². The normalized spacial score (nSPS) is 10.2. The highest BCUT2D eigenvalue weighted by atomic mass is 19.1. The van der Waals surface area contributed by atoms with Gasteiger partial charge in [0.1, 0.15) is 5.75 Å². The van der Waals surface area contributed by atoms with Gasteiger partial charge in [-0.1, -0.05) is 0 Å². The molecule has 7 heteroatoms. The summed E-state index contributed by atoms with van der Waals surface area (Å²) in [6.07, 6.45) is 0. The molecule has 0 aromatic heterocycles. The molecule has 0 heterocycles. The number of carbonyl (C=O) groups excluding carboxylic acids is 1. The lowest BCUT2D eigenvalue weighted by molar-refractivity contribution is -0.387. The second-order valence-electron chi connectivity index (χ2n) is 4.38. The van der Waals surface area contributed by atoms with Crippen LogP contribution < -0.4 is 5.32 Å². The van der Waals surface area contributed by atoms with Gasteiger partial charge in [-0.05, 0) is 42.8 Å². The van der Waals surface area contributed by atoms with Crippen LogP contribution in [0.2, 0.25) is 0 Å². The first-order valence-electron chi connectivity index (χ1n) is 5.93. The van der Waals surface area contributed by atoms with Crippen LogP contribution >= 0.6 is 0 Å². The zero-order valence-corrected chi connectivity index (χ0v) is 11.0. The fourth-order valence-electron chi connectivity index (χ4n) is 1.73. The summed E-state index contributed by atoms with van der Waals surface area (Å²) in [5.41, 5.74) is 0.193. The van der Waals surface area contributed by atoms with Crippen LogP contribution in [0.25, 0.3) is 0 Å². The first-order valence-corrected chi connectivity index (χ1v) is 5.93. The number of hydrogen-bond acceptors (Lipinski definition) is 4. The Labute approximate surface area is 119 Å². The summed E-state index contributed by atoms with van der Waals surface area (Å²) in [7, 11) is 0. The third-order valence-electron chi connectivity index (χ3n) is 2.86. The van der Waals surface area contributed by atoms with Crippen molar-refractivity contribution in [3.8, 4) is 5.75 Å². The number of anilines is 1. The molecule has 0 fully saturated rings. The summed E-state index contributed by atoms with van der Waals surface area (Å²) in [6.45, 7) is 1.66. The Bertz CT molecular complexity index is 731. The van der Waals surface area contributed by atoms with Crippen molar-refractivity contribution in [1.29, 1.82) is 0 Å². The Kier molecular flexibility index (Phi) is 3.84. The van der Waals surface area contributed by atoms with Crippen molar-refractivity contribution in [1.82, 2.24) is 0 Å². The van der Waals surface area contributed by atoms with Gasteiger partial charge in [0.05, 0.1) is 4.92 Å². The van der Waals surface area contributed by atoms with Crippen molar-refractivity contribution in [2.75, 3.05) is 5.32 Å². The fraction of sp³-hybridized carbons (Fsp3) is 0.0714. The predicted molar refractivity (Wildman–Crippen MR) is 73.9 cm³/mol. The molecule has 21 heavy (non-hydrogen) atoms. The molecule has 2 rings (SSSR count). The van der Waals surface area contributed by atoms with E-state index in [1.165, 1.54) is 12.1 Å². The van der Waals surface area contributed by atoms with Gasteiger partial charge in [-0.3, -0.25) is 14.9 Å². The maximum atomic E-state index is 13.2. The number of nitrogens with one attached hydrogen (secondary N) is 1. The smallest absolute Gasteiger partial charge is 0.305 e. The highest BCUT2D eigenvalue weighted by Gasteiger charge is 2.17. The number of benzene rings is 2. The van der Waals surface area contributed by atoms with Crippen molar-refractivity contribution >= 4 is 17.3 Å². The van der Waals surface area contributed by atoms with E-state index in [4.69, 9.17) is 0 Å². The van der Waals surface area contributed by atoms with Gasteiger partial charge in [-0.15, -0.1) is 0 Å². The Morgan fingerprint density at radius 1 is 1.29 bits per heavy atom. The summed E-state index contributed by atoms with van der Waals surface area (Å²) in [5, 5.41) is 22.6. The largest absolute Gasteiger partial charge is 0.508 e. The van der Waals surface area contributed by atoms with Crippen molar-refractivity contribution in [3.05, 3.63) is 63.5 Å². The third kappa shape index (κ3) is 3.14. The molecule has 0 saturated carbocycles. The Hall–Kier alpha value is -2.96. The standard InChI is InChI=1S/C14H11FN2O4/c1-8-6-10(3-5-13(8)18)16-14(19)9-2-4-11(15)12(7-9)17(20)21/h2-7,18H,1H3,(H,16,19). The van der Waals surface area contributed by atoms with Crippen LogP contribution in [-0.4, -0.2) is 15.9 Å². The predicted octanol–water partition coefficient (Wildman–Crippen LogP) is 3.00. The van der Waals surface area contributed by atoms with Crippen LogP contribution in [0.4, 0.5) is 15.8 Å². The van der Waals surface area contributed by atoms with Crippen LogP contribution in [0, 0.1) is 22.9 Å². The number of nitrogens with zero attached hydrogens (tertiary/aromatic N) is 1. The molecule has 0 spiro atoms. The number of phenolic OH excluding ortho intramolecular Hbond substituents is 1. The zero-order valence-electron chi connectivity index (χ0n) is 11.0. The van der Waals surface area contributed by atoms with Gasteiger partial charge in [-0.2, -0.15) is 4.39 Å². The molecule has 0 bridgehead atoms. The number of phenols is 1. The molecule has 6 nitrogen and oxygen atoms in total. The number of aromatic hydroxyl groups is 1. The third-order valence-corrected chi connectivity index (χ3v) is 2.86. The number of nitro benzene ring substituents is 1. The van der Waals surface area contributed by atoms with Gasteiger partial charge < -0.3 is 10.4 Å². The maximum absolute atomic E-state index is 13.2. The van der Waals surface area contributed by atoms with Crippen molar-refractivity contribution in [3.63, 3.8) is 0 Å². The Morgan fingerprint density at radius 3 is 2.62 bits per heavy atom. The number of nitro groups is 1. The van der Waals surface area contributed by atoms with E-state index in [9.17, 15) is 24.4 Å². The number of rotatable bonds is 3. The van der Waals surface area contributed by atoms with E-state index in [1.54, 1.807) is 13.0 Å². The topological polar surface area (TPSA) is 92.5 Å². The highest BCUT2D eigenvalue weighted by Crippen LogP contribution is 2.22. The molecule has 0 atom stereocenters. The molecule has 1 amide bonds. The molecule has 108 valence electrons. The first kappa shape index (κ1) is 14.4. The quantitative estimate of drug-likeness (QED) is 0.516. The van der Waals surface area contributed by atoms with Crippen LogP contribution in [0.5, 0.6) is 5.75 Å². The number of carbonyl (C=O) groups is 1. The Morgan fingerprint density at radius 2 is 2.00 bits per heavy atom. The van der Waals surface area contributed by atoms with Gasteiger partial charge in [0, 0.05) is 17.3 Å². The van der Waals surface area contributed by atoms with E-state index in [0.29, 0.717) is 11.3 Å². The monoisotopic (exact) mass is 290 g/mol. The lowest BCUT2D eigenvalue weighted by atomic mass is 10.1. The second-order valence-corrected chi connectivity index (χ2v) is 4.38. The van der Waals surface area contributed by atoms with E-state index in [2.05, 4.69) is 5.32 Å². The molecule has 0 saturated heterocycles. The minimum Gasteiger partial charge on any atom is -0.508 e. The van der Waals surface area contributed by atoms with Gasteiger partial charge >= 0.3 is 5.69 Å². The van der Waals surface area contributed by atoms with Crippen molar-refractivity contribution in [2.45, 2.75) is 6.92 Å². The van der Waals surface area contributed by atoms with Crippen LogP contribution in [0.1, 0.15) is 15.9 Å². The molecule has 0 aliphatic carbocycles. The maximum Gasteiger partial charge on any atom is 0.305 e. The van der Waals surface area contributed by atoms with E-state index in [0.717, 1.165) is 18.2 Å². The van der Waals surface area contributed by atoms with Gasteiger partial charge in [0.25, 0.3) is 5.91 Å². The summed E-state index contributed by atoms with van der Waals surface area (Å²) in [4.78, 5) is 21.7. The average molecular weight is 290 g/mol. The van der Waals surface area contributed by atoms with Crippen LogP contribution in [-0.2, 0) is 0 Å². The molecule has 0 unspecified atom stereocenters. The second kappa shape index (κ2) is 5.58. The number of aryl methyl sites for hydroxylation is 1. The lowest BCUT2D eigenvalue weighted by Crippen LogP contribution is -2.12. The SMILES string of the molecule is Cc1cc(NC(=O)c2ccc(F)c([N+](=O)[O-])c2)ccc1O. The Balaban J connectivity index is 2.26. The summed E-state index contributed by atoms with van der Waals surface area (Å²) < 4.78 is 13.2. The summed E-state index contributed by atoms with van der Waals surface area (Å²) in [6, 6.07) is 7.35. The summed E-state index contributed by atoms with van der Waals surface area (Å²) in [5.74, 6) is -1.52. The highest BCUT2D eigenvalue weighted by molar-refractivity contribution is 6.04.